The fourth-order valence-electron chi connectivity index (χ4n) is 1.91. The molecule has 0 aliphatic carbocycles. The van der Waals surface area contributed by atoms with Crippen molar-refractivity contribution in [3.8, 4) is 23.3 Å². The fourth-order valence-corrected chi connectivity index (χ4v) is 1.91. The number of ether oxygens (including phenoxy) is 1. The number of nitrogens with zero attached hydrogens (tertiary/aromatic N) is 3. The van der Waals surface area contributed by atoms with Gasteiger partial charge in [-0.25, -0.2) is 0 Å². The monoisotopic (exact) mass is 277 g/mol. The molecule has 0 saturated heterocycles. The summed E-state index contributed by atoms with van der Waals surface area (Å²) in [4.78, 5) is 0. The Morgan fingerprint density at radius 3 is 2.62 bits per heavy atom. The first-order valence-electron chi connectivity index (χ1n) is 6.34. The Kier molecular flexibility index (Phi) is 3.61. The Morgan fingerprint density at radius 1 is 1.10 bits per heavy atom. The average Bonchev–Trinajstić information content (AvgIpc) is 3.08. The van der Waals surface area contributed by atoms with Crippen LogP contribution in [0.5, 0.6) is 5.75 Å². The maximum absolute atomic E-state index is 9.03. The first-order valence-corrected chi connectivity index (χ1v) is 6.34. The molecule has 0 aliphatic heterocycles. The van der Waals surface area contributed by atoms with Gasteiger partial charge in [-0.1, -0.05) is 18.2 Å². The van der Waals surface area contributed by atoms with E-state index >= 15 is 0 Å². The van der Waals surface area contributed by atoms with Crippen molar-refractivity contribution >= 4 is 0 Å². The van der Waals surface area contributed by atoms with Crippen LogP contribution >= 0.6 is 0 Å². The Hall–Kier alpha value is -3.13. The van der Waals surface area contributed by atoms with Gasteiger partial charge in [0.1, 0.15) is 12.4 Å². The van der Waals surface area contributed by atoms with Crippen molar-refractivity contribution in [3.05, 3.63) is 66.1 Å². The van der Waals surface area contributed by atoms with Crippen LogP contribution in [0.2, 0.25) is 0 Å². The predicted molar refractivity (Wildman–Crippen MR) is 75.2 cm³/mol. The highest BCUT2D eigenvalue weighted by atomic mass is 16.5. The molecule has 1 aromatic heterocycles. The van der Waals surface area contributed by atoms with E-state index in [4.69, 9.17) is 14.4 Å². The minimum Gasteiger partial charge on any atom is -0.489 e. The topological polar surface area (TPSA) is 71.9 Å². The summed E-state index contributed by atoms with van der Waals surface area (Å²) in [6, 6.07) is 16.9. The largest absolute Gasteiger partial charge is 0.489 e. The smallest absolute Gasteiger partial charge is 0.247 e. The quantitative estimate of drug-likeness (QED) is 0.732. The van der Waals surface area contributed by atoms with Gasteiger partial charge in [-0.15, -0.1) is 10.2 Å². The standard InChI is InChI=1S/C16H11N3O2/c17-9-13-3-1-2-4-14(13)10-20-15-7-5-12(6-8-15)16-19-18-11-21-16/h1-8,11H,10H2. The number of rotatable bonds is 4. The van der Waals surface area contributed by atoms with E-state index in [1.807, 2.05) is 42.5 Å². The number of nitriles is 1. The van der Waals surface area contributed by atoms with Crippen LogP contribution in [0.1, 0.15) is 11.1 Å². The van der Waals surface area contributed by atoms with Gasteiger partial charge in [0.25, 0.3) is 0 Å². The molecule has 0 fully saturated rings. The molecule has 0 radical (unpaired) electrons. The number of benzene rings is 2. The Labute approximate surface area is 121 Å². The summed E-state index contributed by atoms with van der Waals surface area (Å²) < 4.78 is 10.8. The molecule has 0 unspecified atom stereocenters. The minimum absolute atomic E-state index is 0.351. The zero-order chi connectivity index (χ0) is 14.5. The molecule has 2 aromatic carbocycles. The molecule has 5 heteroatoms. The van der Waals surface area contributed by atoms with E-state index < -0.39 is 0 Å². The van der Waals surface area contributed by atoms with Crippen molar-refractivity contribution in [2.24, 2.45) is 0 Å². The van der Waals surface area contributed by atoms with Crippen molar-refractivity contribution < 1.29 is 9.15 Å². The second kappa shape index (κ2) is 5.88. The minimum atomic E-state index is 0.351. The van der Waals surface area contributed by atoms with Gasteiger partial charge < -0.3 is 9.15 Å². The van der Waals surface area contributed by atoms with Crippen LogP contribution in [0, 0.1) is 11.3 Å². The molecule has 1 heterocycles. The predicted octanol–water partition coefficient (Wildman–Crippen LogP) is 3.19. The summed E-state index contributed by atoms with van der Waals surface area (Å²) in [5.41, 5.74) is 2.32. The second-order valence-corrected chi connectivity index (χ2v) is 4.33. The Morgan fingerprint density at radius 2 is 1.90 bits per heavy atom. The van der Waals surface area contributed by atoms with E-state index in [2.05, 4.69) is 16.3 Å². The van der Waals surface area contributed by atoms with Gasteiger partial charge in [0, 0.05) is 11.1 Å². The van der Waals surface area contributed by atoms with E-state index in [-0.39, 0.29) is 0 Å². The van der Waals surface area contributed by atoms with Crippen LogP contribution in [0.15, 0.2) is 59.3 Å². The van der Waals surface area contributed by atoms with Crippen LogP contribution < -0.4 is 4.74 Å². The molecule has 102 valence electrons. The zero-order valence-electron chi connectivity index (χ0n) is 11.1. The fraction of sp³-hybridized carbons (Fsp3) is 0.0625. The van der Waals surface area contributed by atoms with Crippen LogP contribution in [0.4, 0.5) is 0 Å². The van der Waals surface area contributed by atoms with E-state index in [9.17, 15) is 0 Å². The highest BCUT2D eigenvalue weighted by Crippen LogP contribution is 2.21. The summed E-state index contributed by atoms with van der Waals surface area (Å²) >= 11 is 0. The summed E-state index contributed by atoms with van der Waals surface area (Å²) in [6.07, 6.45) is 1.29. The maximum Gasteiger partial charge on any atom is 0.247 e. The summed E-state index contributed by atoms with van der Waals surface area (Å²) in [5.74, 6) is 1.18. The van der Waals surface area contributed by atoms with Gasteiger partial charge in [0.2, 0.25) is 12.3 Å². The van der Waals surface area contributed by atoms with E-state index in [0.29, 0.717) is 23.8 Å². The first-order chi connectivity index (χ1) is 10.4. The molecule has 0 bridgehead atoms. The number of hydrogen-bond donors (Lipinski definition) is 0. The van der Waals surface area contributed by atoms with Gasteiger partial charge in [0.05, 0.1) is 11.6 Å². The molecule has 0 N–H and O–H groups in total. The molecule has 0 spiro atoms. The molecule has 0 amide bonds. The molecule has 0 atom stereocenters. The van der Waals surface area contributed by atoms with Gasteiger partial charge in [0.15, 0.2) is 0 Å². The summed E-state index contributed by atoms with van der Waals surface area (Å²) in [5, 5.41) is 16.5. The average molecular weight is 277 g/mol. The molecule has 0 saturated carbocycles. The van der Waals surface area contributed by atoms with Crippen LogP contribution in [0.25, 0.3) is 11.5 Å². The lowest BCUT2D eigenvalue weighted by molar-refractivity contribution is 0.306. The molecule has 5 nitrogen and oxygen atoms in total. The third-order valence-corrected chi connectivity index (χ3v) is 2.99. The zero-order valence-corrected chi connectivity index (χ0v) is 11.1. The Balaban J connectivity index is 1.70. The molecule has 3 rings (SSSR count). The van der Waals surface area contributed by atoms with E-state index in [1.54, 1.807) is 6.07 Å². The molecule has 3 aromatic rings. The lowest BCUT2D eigenvalue weighted by Crippen LogP contribution is -1.98. The number of hydrogen-bond acceptors (Lipinski definition) is 5. The maximum atomic E-state index is 9.03. The third kappa shape index (κ3) is 2.90. The highest BCUT2D eigenvalue weighted by Gasteiger charge is 2.05. The van der Waals surface area contributed by atoms with Gasteiger partial charge >= 0.3 is 0 Å². The van der Waals surface area contributed by atoms with Crippen LogP contribution in [-0.2, 0) is 6.61 Å². The normalized spacial score (nSPS) is 10.0. The summed E-state index contributed by atoms with van der Waals surface area (Å²) in [6.45, 7) is 0.351. The number of aromatic nitrogens is 2. The van der Waals surface area contributed by atoms with Crippen molar-refractivity contribution in [1.29, 1.82) is 5.26 Å². The van der Waals surface area contributed by atoms with Crippen molar-refractivity contribution in [2.45, 2.75) is 6.61 Å². The van der Waals surface area contributed by atoms with Gasteiger partial charge in [-0.2, -0.15) is 5.26 Å². The van der Waals surface area contributed by atoms with Crippen molar-refractivity contribution in [3.63, 3.8) is 0 Å². The van der Waals surface area contributed by atoms with Crippen LogP contribution in [0.3, 0.4) is 0 Å². The van der Waals surface area contributed by atoms with Crippen molar-refractivity contribution in [2.75, 3.05) is 0 Å². The lowest BCUT2D eigenvalue weighted by atomic mass is 10.1. The highest BCUT2D eigenvalue weighted by molar-refractivity contribution is 5.53. The first kappa shape index (κ1) is 12.9. The molecular formula is C16H11N3O2. The Bertz CT molecular complexity index is 759. The summed E-state index contributed by atoms with van der Waals surface area (Å²) in [7, 11) is 0. The third-order valence-electron chi connectivity index (χ3n) is 2.99. The van der Waals surface area contributed by atoms with E-state index in [0.717, 1.165) is 11.1 Å². The van der Waals surface area contributed by atoms with Gasteiger partial charge in [-0.3, -0.25) is 0 Å². The second-order valence-electron chi connectivity index (χ2n) is 4.33. The van der Waals surface area contributed by atoms with E-state index in [1.165, 1.54) is 6.39 Å². The SMILES string of the molecule is N#Cc1ccccc1COc1ccc(-c2nnco2)cc1. The van der Waals surface area contributed by atoms with Gasteiger partial charge in [-0.05, 0) is 30.3 Å². The molecule has 0 aliphatic rings. The molecular weight excluding hydrogens is 266 g/mol. The lowest BCUT2D eigenvalue weighted by Gasteiger charge is -2.07. The van der Waals surface area contributed by atoms with Crippen molar-refractivity contribution in [1.82, 2.24) is 10.2 Å². The molecule has 21 heavy (non-hydrogen) atoms. The van der Waals surface area contributed by atoms with Crippen LogP contribution in [-0.4, -0.2) is 10.2 Å².